The average Bonchev–Trinajstić information content (AvgIpc) is 2.32. The van der Waals surface area contributed by atoms with E-state index in [1.54, 1.807) is 4.31 Å². The fourth-order valence-electron chi connectivity index (χ4n) is 2.31. The quantitative estimate of drug-likeness (QED) is 0.670. The van der Waals surface area contributed by atoms with Gasteiger partial charge < -0.3 is 10.2 Å². The minimum absolute atomic E-state index is 0.573. The van der Waals surface area contributed by atoms with E-state index in [2.05, 4.69) is 24.1 Å². The molecule has 1 fully saturated rings. The topological polar surface area (TPSA) is 52.6 Å². The monoisotopic (exact) mass is 291 g/mol. The molecule has 1 aliphatic heterocycles. The number of nitrogens with one attached hydrogen (secondary N) is 1. The highest BCUT2D eigenvalue weighted by Gasteiger charge is 2.22. The maximum Gasteiger partial charge on any atom is 0.211 e. The second-order valence-corrected chi connectivity index (χ2v) is 7.66. The first-order chi connectivity index (χ1) is 8.89. The number of unbranched alkanes of at least 4 members (excludes halogenated alkanes) is 2. The molecule has 19 heavy (non-hydrogen) atoms. The van der Waals surface area contributed by atoms with Crippen molar-refractivity contribution in [3.63, 3.8) is 0 Å². The third-order valence-corrected chi connectivity index (χ3v) is 4.81. The van der Waals surface area contributed by atoms with Crippen LogP contribution in [0, 0.1) is 0 Å². The van der Waals surface area contributed by atoms with E-state index in [0.717, 1.165) is 26.2 Å². The zero-order valence-electron chi connectivity index (χ0n) is 12.6. The summed E-state index contributed by atoms with van der Waals surface area (Å²) in [4.78, 5) is 2.37. The molecule has 0 spiro atoms. The van der Waals surface area contributed by atoms with Crippen LogP contribution in [0.5, 0.6) is 0 Å². The summed E-state index contributed by atoms with van der Waals surface area (Å²) in [5.41, 5.74) is 0. The zero-order chi connectivity index (χ0) is 14.3. The number of sulfonamides is 1. The molecule has 1 rings (SSSR count). The standard InChI is InChI=1S/C13H29N3O2S/c1-13(2)14-7-5-4-6-8-15-9-11-16(12-10-15)19(3,17)18/h13-14H,4-12H2,1-3H3. The molecule has 1 N–H and O–H groups in total. The van der Waals surface area contributed by atoms with Crippen molar-refractivity contribution in [2.75, 3.05) is 45.5 Å². The summed E-state index contributed by atoms with van der Waals surface area (Å²) < 4.78 is 24.3. The lowest BCUT2D eigenvalue weighted by Crippen LogP contribution is -2.48. The van der Waals surface area contributed by atoms with E-state index in [9.17, 15) is 8.42 Å². The van der Waals surface area contributed by atoms with Gasteiger partial charge in [0.25, 0.3) is 0 Å². The van der Waals surface area contributed by atoms with Gasteiger partial charge in [-0.3, -0.25) is 0 Å². The molecular weight excluding hydrogens is 262 g/mol. The van der Waals surface area contributed by atoms with Crippen LogP contribution < -0.4 is 5.32 Å². The number of rotatable bonds is 8. The van der Waals surface area contributed by atoms with Gasteiger partial charge in [-0.15, -0.1) is 0 Å². The van der Waals surface area contributed by atoms with Crippen molar-refractivity contribution in [1.29, 1.82) is 0 Å². The van der Waals surface area contributed by atoms with Crippen LogP contribution in [0.15, 0.2) is 0 Å². The summed E-state index contributed by atoms with van der Waals surface area (Å²) in [6, 6.07) is 0.573. The van der Waals surface area contributed by atoms with Crippen LogP contribution in [0.4, 0.5) is 0 Å². The van der Waals surface area contributed by atoms with Gasteiger partial charge in [-0.1, -0.05) is 20.3 Å². The second-order valence-electron chi connectivity index (χ2n) is 5.67. The lowest BCUT2D eigenvalue weighted by atomic mass is 10.2. The lowest BCUT2D eigenvalue weighted by Gasteiger charge is -2.33. The van der Waals surface area contributed by atoms with Crippen molar-refractivity contribution in [3.05, 3.63) is 0 Å². The number of piperazine rings is 1. The molecule has 0 bridgehead atoms. The number of hydrogen-bond donors (Lipinski definition) is 1. The third-order valence-electron chi connectivity index (χ3n) is 3.50. The van der Waals surface area contributed by atoms with Crippen LogP contribution >= 0.6 is 0 Å². The first-order valence-corrected chi connectivity index (χ1v) is 9.15. The molecular formula is C13H29N3O2S. The lowest BCUT2D eigenvalue weighted by molar-refractivity contribution is 0.186. The summed E-state index contributed by atoms with van der Waals surface area (Å²) in [5.74, 6) is 0. The first kappa shape index (κ1) is 16.9. The smallest absolute Gasteiger partial charge is 0.211 e. The summed E-state index contributed by atoms with van der Waals surface area (Å²) in [6.45, 7) is 9.57. The molecule has 1 saturated heterocycles. The maximum absolute atomic E-state index is 11.4. The van der Waals surface area contributed by atoms with Gasteiger partial charge in [0.1, 0.15) is 0 Å². The maximum atomic E-state index is 11.4. The van der Waals surface area contributed by atoms with Crippen LogP contribution in [0.2, 0.25) is 0 Å². The largest absolute Gasteiger partial charge is 0.315 e. The van der Waals surface area contributed by atoms with Gasteiger partial charge in [0.2, 0.25) is 10.0 Å². The van der Waals surface area contributed by atoms with E-state index in [0.29, 0.717) is 19.1 Å². The Labute approximate surface area is 118 Å². The summed E-state index contributed by atoms with van der Waals surface area (Å²) in [5, 5.41) is 3.42. The highest BCUT2D eigenvalue weighted by Crippen LogP contribution is 2.07. The van der Waals surface area contributed by atoms with E-state index < -0.39 is 10.0 Å². The van der Waals surface area contributed by atoms with Crippen molar-refractivity contribution in [1.82, 2.24) is 14.5 Å². The van der Waals surface area contributed by atoms with Crippen molar-refractivity contribution in [2.24, 2.45) is 0 Å². The molecule has 0 unspecified atom stereocenters. The summed E-state index contributed by atoms with van der Waals surface area (Å²) in [6.07, 6.45) is 4.97. The Kier molecular flexibility index (Phi) is 7.28. The predicted molar refractivity (Wildman–Crippen MR) is 79.8 cm³/mol. The van der Waals surface area contributed by atoms with E-state index in [1.807, 2.05) is 0 Å². The molecule has 0 atom stereocenters. The van der Waals surface area contributed by atoms with Gasteiger partial charge in [-0.05, 0) is 25.9 Å². The minimum atomic E-state index is -2.99. The molecule has 0 amide bonds. The van der Waals surface area contributed by atoms with E-state index in [1.165, 1.54) is 25.5 Å². The Morgan fingerprint density at radius 3 is 2.21 bits per heavy atom. The number of hydrogen-bond acceptors (Lipinski definition) is 4. The molecule has 6 heteroatoms. The summed E-state index contributed by atoms with van der Waals surface area (Å²) >= 11 is 0. The normalized spacial score (nSPS) is 19.2. The fraction of sp³-hybridized carbons (Fsp3) is 1.00. The molecule has 1 aliphatic rings. The highest BCUT2D eigenvalue weighted by atomic mass is 32.2. The third kappa shape index (κ3) is 7.25. The Morgan fingerprint density at radius 1 is 1.05 bits per heavy atom. The fourth-order valence-corrected chi connectivity index (χ4v) is 3.14. The second kappa shape index (κ2) is 8.19. The molecule has 0 saturated carbocycles. The minimum Gasteiger partial charge on any atom is -0.315 e. The molecule has 114 valence electrons. The predicted octanol–water partition coefficient (Wildman–Crippen LogP) is 0.732. The van der Waals surface area contributed by atoms with Gasteiger partial charge in [0.05, 0.1) is 6.26 Å². The van der Waals surface area contributed by atoms with Crippen LogP contribution in [-0.2, 0) is 10.0 Å². The van der Waals surface area contributed by atoms with Gasteiger partial charge in [0.15, 0.2) is 0 Å². The molecule has 0 aromatic carbocycles. The molecule has 1 heterocycles. The van der Waals surface area contributed by atoms with Crippen molar-refractivity contribution in [2.45, 2.75) is 39.2 Å². The van der Waals surface area contributed by atoms with Crippen molar-refractivity contribution < 1.29 is 8.42 Å². The van der Waals surface area contributed by atoms with E-state index in [4.69, 9.17) is 0 Å². The van der Waals surface area contributed by atoms with Crippen molar-refractivity contribution in [3.8, 4) is 0 Å². The average molecular weight is 291 g/mol. The Bertz CT molecular complexity index is 336. The van der Waals surface area contributed by atoms with Crippen LogP contribution in [0.1, 0.15) is 33.1 Å². The van der Waals surface area contributed by atoms with Gasteiger partial charge in [-0.2, -0.15) is 4.31 Å². The molecule has 0 aromatic rings. The molecule has 5 nitrogen and oxygen atoms in total. The Hall–Kier alpha value is -0.170. The molecule has 0 aromatic heterocycles. The first-order valence-electron chi connectivity index (χ1n) is 7.30. The highest BCUT2D eigenvalue weighted by molar-refractivity contribution is 7.88. The van der Waals surface area contributed by atoms with Gasteiger partial charge in [0, 0.05) is 32.2 Å². The van der Waals surface area contributed by atoms with E-state index >= 15 is 0 Å². The Morgan fingerprint density at radius 2 is 1.68 bits per heavy atom. The van der Waals surface area contributed by atoms with Crippen LogP contribution in [0.3, 0.4) is 0 Å². The SMILES string of the molecule is CC(C)NCCCCCN1CCN(S(C)(=O)=O)CC1. The summed E-state index contributed by atoms with van der Waals surface area (Å²) in [7, 11) is -2.99. The molecule has 0 aliphatic carbocycles. The van der Waals surface area contributed by atoms with Gasteiger partial charge in [-0.25, -0.2) is 8.42 Å². The van der Waals surface area contributed by atoms with Gasteiger partial charge >= 0.3 is 0 Å². The zero-order valence-corrected chi connectivity index (χ0v) is 13.4. The van der Waals surface area contributed by atoms with E-state index in [-0.39, 0.29) is 0 Å². The van der Waals surface area contributed by atoms with Crippen LogP contribution in [-0.4, -0.2) is 69.2 Å². The van der Waals surface area contributed by atoms with Crippen molar-refractivity contribution >= 4 is 10.0 Å². The number of nitrogens with zero attached hydrogens (tertiary/aromatic N) is 2. The Balaban J connectivity index is 2.04. The van der Waals surface area contributed by atoms with Crippen LogP contribution in [0.25, 0.3) is 0 Å². The molecule has 0 radical (unpaired) electrons.